The molecule has 108 valence electrons. The van der Waals surface area contributed by atoms with Crippen molar-refractivity contribution in [2.45, 2.75) is 33.4 Å². The fraction of sp³-hybridized carbons (Fsp3) is 0.600. The molecule has 0 radical (unpaired) electrons. The molecule has 0 spiro atoms. The van der Waals surface area contributed by atoms with Crippen LogP contribution in [0.25, 0.3) is 0 Å². The Bertz CT molecular complexity index is 382. The van der Waals surface area contributed by atoms with Gasteiger partial charge in [-0.15, -0.1) is 0 Å². The normalized spacial score (nSPS) is 11.1. The summed E-state index contributed by atoms with van der Waals surface area (Å²) in [4.78, 5) is 2.38. The topological polar surface area (TPSA) is 24.5 Å². The van der Waals surface area contributed by atoms with Crippen LogP contribution >= 0.6 is 15.9 Å². The highest BCUT2D eigenvalue weighted by Crippen LogP contribution is 2.28. The van der Waals surface area contributed by atoms with E-state index in [0.717, 1.165) is 30.7 Å². The molecule has 0 aromatic heterocycles. The lowest BCUT2D eigenvalue weighted by molar-refractivity contribution is 0.199. The molecule has 4 heteroatoms. The zero-order chi connectivity index (χ0) is 14.3. The van der Waals surface area contributed by atoms with Crippen molar-refractivity contribution < 1.29 is 4.74 Å². The maximum atomic E-state index is 5.02. The molecule has 0 aliphatic heterocycles. The molecular weight excluding hydrogens is 304 g/mol. The van der Waals surface area contributed by atoms with Crippen molar-refractivity contribution in [1.82, 2.24) is 5.32 Å². The molecule has 0 amide bonds. The minimum Gasteiger partial charge on any atom is -0.383 e. The summed E-state index contributed by atoms with van der Waals surface area (Å²) < 4.78 is 6.18. The molecular formula is C15H25BrN2O. The van der Waals surface area contributed by atoms with E-state index in [-0.39, 0.29) is 0 Å². The van der Waals surface area contributed by atoms with E-state index in [4.69, 9.17) is 4.74 Å². The van der Waals surface area contributed by atoms with Crippen molar-refractivity contribution in [1.29, 1.82) is 0 Å². The Morgan fingerprint density at radius 1 is 1.37 bits per heavy atom. The first-order chi connectivity index (χ1) is 9.10. The zero-order valence-corrected chi connectivity index (χ0v) is 14.0. The molecule has 1 aromatic rings. The van der Waals surface area contributed by atoms with Crippen molar-refractivity contribution in [2.24, 2.45) is 0 Å². The summed E-state index contributed by atoms with van der Waals surface area (Å²) in [5.74, 6) is 0. The predicted molar refractivity (Wildman–Crippen MR) is 85.9 cm³/mol. The Balaban J connectivity index is 2.68. The summed E-state index contributed by atoms with van der Waals surface area (Å²) in [6.45, 7) is 10.1. The Morgan fingerprint density at radius 2 is 2.11 bits per heavy atom. The maximum absolute atomic E-state index is 5.02. The third-order valence-electron chi connectivity index (χ3n) is 3.10. The van der Waals surface area contributed by atoms with Gasteiger partial charge in [0.2, 0.25) is 0 Å². The van der Waals surface area contributed by atoms with Crippen LogP contribution in [0.3, 0.4) is 0 Å². The molecule has 1 N–H and O–H groups in total. The molecule has 1 aromatic carbocycles. The molecule has 0 unspecified atom stereocenters. The van der Waals surface area contributed by atoms with Gasteiger partial charge in [0.15, 0.2) is 0 Å². The fourth-order valence-corrected chi connectivity index (χ4v) is 2.77. The van der Waals surface area contributed by atoms with Crippen LogP contribution in [0.5, 0.6) is 0 Å². The average Bonchev–Trinajstić information content (AvgIpc) is 2.37. The first-order valence-electron chi connectivity index (χ1n) is 6.84. The molecule has 0 fully saturated rings. The Labute approximate surface area is 125 Å². The van der Waals surface area contributed by atoms with Gasteiger partial charge in [0, 0.05) is 37.3 Å². The number of benzene rings is 1. The molecule has 0 aliphatic carbocycles. The average molecular weight is 329 g/mol. The van der Waals surface area contributed by atoms with Crippen LogP contribution in [0.15, 0.2) is 22.7 Å². The molecule has 0 atom stereocenters. The van der Waals surface area contributed by atoms with Crippen LogP contribution in [-0.4, -0.2) is 32.8 Å². The number of halogens is 1. The van der Waals surface area contributed by atoms with E-state index in [1.54, 1.807) is 7.11 Å². The zero-order valence-electron chi connectivity index (χ0n) is 12.4. The highest BCUT2D eigenvalue weighted by molar-refractivity contribution is 9.10. The maximum Gasteiger partial charge on any atom is 0.0587 e. The Hall–Kier alpha value is -0.580. The quantitative estimate of drug-likeness (QED) is 0.740. The SMILES string of the molecule is CCN(c1ccc(CNCCOC)cc1Br)C(C)C. The van der Waals surface area contributed by atoms with Crippen molar-refractivity contribution in [3.05, 3.63) is 28.2 Å². The first-order valence-corrected chi connectivity index (χ1v) is 7.64. The molecule has 0 aliphatic rings. The van der Waals surface area contributed by atoms with E-state index in [1.807, 2.05) is 0 Å². The van der Waals surface area contributed by atoms with Gasteiger partial charge in [0.05, 0.1) is 12.3 Å². The van der Waals surface area contributed by atoms with Gasteiger partial charge in [0.1, 0.15) is 0 Å². The highest BCUT2D eigenvalue weighted by atomic mass is 79.9. The standard InChI is InChI=1S/C15H25BrN2O/c1-5-18(12(2)3)15-7-6-13(10-14(15)16)11-17-8-9-19-4/h6-7,10,12,17H,5,8-9,11H2,1-4H3. The molecule has 3 nitrogen and oxygen atoms in total. The van der Waals surface area contributed by atoms with E-state index in [9.17, 15) is 0 Å². The van der Waals surface area contributed by atoms with E-state index in [0.29, 0.717) is 6.04 Å². The van der Waals surface area contributed by atoms with Gasteiger partial charge in [-0.2, -0.15) is 0 Å². The molecule has 0 saturated carbocycles. The van der Waals surface area contributed by atoms with Crippen LogP contribution in [0, 0.1) is 0 Å². The number of hydrogen-bond donors (Lipinski definition) is 1. The number of rotatable bonds is 8. The Kier molecular flexibility index (Phi) is 7.42. The van der Waals surface area contributed by atoms with Crippen LogP contribution < -0.4 is 10.2 Å². The van der Waals surface area contributed by atoms with Gasteiger partial charge in [-0.1, -0.05) is 6.07 Å². The minimum atomic E-state index is 0.506. The number of anilines is 1. The van der Waals surface area contributed by atoms with Gasteiger partial charge in [-0.3, -0.25) is 0 Å². The van der Waals surface area contributed by atoms with E-state index in [2.05, 4.69) is 65.1 Å². The van der Waals surface area contributed by atoms with Crippen LogP contribution in [0.1, 0.15) is 26.3 Å². The molecule has 19 heavy (non-hydrogen) atoms. The lowest BCUT2D eigenvalue weighted by atomic mass is 10.1. The molecule has 0 bridgehead atoms. The minimum absolute atomic E-state index is 0.506. The second-order valence-corrected chi connectivity index (χ2v) is 5.69. The summed E-state index contributed by atoms with van der Waals surface area (Å²) in [6.07, 6.45) is 0. The summed E-state index contributed by atoms with van der Waals surface area (Å²) in [7, 11) is 1.72. The van der Waals surface area contributed by atoms with Crippen LogP contribution in [-0.2, 0) is 11.3 Å². The predicted octanol–water partition coefficient (Wildman–Crippen LogP) is 3.42. The summed E-state index contributed by atoms with van der Waals surface area (Å²) in [5, 5.41) is 3.36. The lowest BCUT2D eigenvalue weighted by Crippen LogP contribution is -2.30. The number of methoxy groups -OCH3 is 1. The third-order valence-corrected chi connectivity index (χ3v) is 3.73. The fourth-order valence-electron chi connectivity index (χ4n) is 2.11. The van der Waals surface area contributed by atoms with Gasteiger partial charge in [-0.25, -0.2) is 0 Å². The smallest absolute Gasteiger partial charge is 0.0587 e. The molecule has 0 saturated heterocycles. The summed E-state index contributed by atoms with van der Waals surface area (Å²) in [6, 6.07) is 7.08. The van der Waals surface area contributed by atoms with Crippen molar-refractivity contribution in [3.8, 4) is 0 Å². The third kappa shape index (κ3) is 5.13. The number of nitrogens with one attached hydrogen (secondary N) is 1. The van der Waals surface area contributed by atoms with Crippen molar-refractivity contribution in [2.75, 3.05) is 31.7 Å². The van der Waals surface area contributed by atoms with Gasteiger partial charge < -0.3 is 15.0 Å². The summed E-state index contributed by atoms with van der Waals surface area (Å²) in [5.41, 5.74) is 2.55. The van der Waals surface area contributed by atoms with Crippen LogP contribution in [0.2, 0.25) is 0 Å². The van der Waals surface area contributed by atoms with E-state index >= 15 is 0 Å². The van der Waals surface area contributed by atoms with E-state index < -0.39 is 0 Å². The van der Waals surface area contributed by atoms with Gasteiger partial charge in [0.25, 0.3) is 0 Å². The summed E-state index contributed by atoms with van der Waals surface area (Å²) >= 11 is 3.69. The van der Waals surface area contributed by atoms with E-state index in [1.165, 1.54) is 11.3 Å². The highest BCUT2D eigenvalue weighted by Gasteiger charge is 2.11. The molecule has 1 rings (SSSR count). The number of nitrogens with zero attached hydrogens (tertiary/aromatic N) is 1. The Morgan fingerprint density at radius 3 is 2.63 bits per heavy atom. The van der Waals surface area contributed by atoms with Gasteiger partial charge in [-0.05, 0) is 54.4 Å². The first kappa shape index (κ1) is 16.5. The van der Waals surface area contributed by atoms with Crippen LogP contribution in [0.4, 0.5) is 5.69 Å². The molecule has 0 heterocycles. The largest absolute Gasteiger partial charge is 0.383 e. The second-order valence-electron chi connectivity index (χ2n) is 4.84. The number of ether oxygens (including phenoxy) is 1. The second kappa shape index (κ2) is 8.56. The lowest BCUT2D eigenvalue weighted by Gasteiger charge is -2.28. The number of hydrogen-bond acceptors (Lipinski definition) is 3. The van der Waals surface area contributed by atoms with Crippen molar-refractivity contribution >= 4 is 21.6 Å². The van der Waals surface area contributed by atoms with Gasteiger partial charge >= 0.3 is 0 Å². The monoisotopic (exact) mass is 328 g/mol. The van der Waals surface area contributed by atoms with Crippen molar-refractivity contribution in [3.63, 3.8) is 0 Å².